The van der Waals surface area contributed by atoms with Gasteiger partial charge in [-0.1, -0.05) is 6.92 Å². The molecule has 4 heteroatoms. The second kappa shape index (κ2) is 6.23. The van der Waals surface area contributed by atoms with E-state index in [2.05, 4.69) is 0 Å². The number of aromatic nitrogens is 1. The van der Waals surface area contributed by atoms with E-state index in [1.54, 1.807) is 19.0 Å². The molecule has 17 heavy (non-hydrogen) atoms. The molecule has 1 rings (SSSR count). The van der Waals surface area contributed by atoms with Gasteiger partial charge in [0, 0.05) is 51.4 Å². The summed E-state index contributed by atoms with van der Waals surface area (Å²) < 4.78 is 1.89. The van der Waals surface area contributed by atoms with Crippen molar-refractivity contribution >= 4 is 11.7 Å². The van der Waals surface area contributed by atoms with Crippen LogP contribution in [0.5, 0.6) is 0 Å². The molecule has 0 aliphatic heterocycles. The zero-order chi connectivity index (χ0) is 12.8. The van der Waals surface area contributed by atoms with Gasteiger partial charge < -0.3 is 9.47 Å². The molecule has 94 valence electrons. The van der Waals surface area contributed by atoms with Gasteiger partial charge in [-0.05, 0) is 12.5 Å². The summed E-state index contributed by atoms with van der Waals surface area (Å²) >= 11 is 0. The number of hydrogen-bond donors (Lipinski definition) is 0. The molecule has 0 saturated heterocycles. The lowest BCUT2D eigenvalue weighted by Gasteiger charge is -2.10. The van der Waals surface area contributed by atoms with Crippen molar-refractivity contribution in [2.45, 2.75) is 32.7 Å². The molecule has 0 N–H and O–H groups in total. The van der Waals surface area contributed by atoms with Crippen molar-refractivity contribution in [3.63, 3.8) is 0 Å². The first-order chi connectivity index (χ1) is 8.04. The molecular weight excluding hydrogens is 216 g/mol. The van der Waals surface area contributed by atoms with Crippen molar-refractivity contribution in [1.82, 2.24) is 9.47 Å². The lowest BCUT2D eigenvalue weighted by Crippen LogP contribution is -2.22. The molecular formula is C13H20N2O2. The topological polar surface area (TPSA) is 42.3 Å². The normalized spacial score (nSPS) is 10.3. The third kappa shape index (κ3) is 4.06. The minimum absolute atomic E-state index is 0.0973. The van der Waals surface area contributed by atoms with Gasteiger partial charge >= 0.3 is 0 Å². The standard InChI is InChI=1S/C13H20N2O2/c1-4-5-12(16)11-6-8-15(10-11)9-7-13(17)14(2)3/h6,8,10H,4-5,7,9H2,1-3H3. The highest BCUT2D eigenvalue weighted by Gasteiger charge is 2.08. The second-order valence-corrected chi connectivity index (χ2v) is 4.35. The van der Waals surface area contributed by atoms with E-state index in [9.17, 15) is 9.59 Å². The van der Waals surface area contributed by atoms with Crippen LogP contribution in [0.4, 0.5) is 0 Å². The zero-order valence-electron chi connectivity index (χ0n) is 10.8. The largest absolute Gasteiger partial charge is 0.353 e. The average molecular weight is 236 g/mol. The number of nitrogens with zero attached hydrogens (tertiary/aromatic N) is 2. The van der Waals surface area contributed by atoms with Crippen LogP contribution in [0.1, 0.15) is 36.5 Å². The molecule has 1 aromatic heterocycles. The molecule has 0 aromatic carbocycles. The van der Waals surface area contributed by atoms with Gasteiger partial charge in [0.25, 0.3) is 0 Å². The Morgan fingerprint density at radius 1 is 1.29 bits per heavy atom. The first kappa shape index (κ1) is 13.5. The van der Waals surface area contributed by atoms with Crippen LogP contribution in [0.25, 0.3) is 0 Å². The maximum absolute atomic E-state index is 11.6. The molecule has 0 bridgehead atoms. The molecule has 1 heterocycles. The summed E-state index contributed by atoms with van der Waals surface area (Å²) in [6.07, 6.45) is 5.58. The van der Waals surface area contributed by atoms with Gasteiger partial charge in [-0.15, -0.1) is 0 Å². The first-order valence-electron chi connectivity index (χ1n) is 5.93. The third-order valence-corrected chi connectivity index (χ3v) is 2.63. The van der Waals surface area contributed by atoms with Crippen molar-refractivity contribution in [3.05, 3.63) is 24.0 Å². The molecule has 0 aliphatic carbocycles. The van der Waals surface area contributed by atoms with E-state index in [0.717, 1.165) is 12.0 Å². The number of carbonyl (C=O) groups is 2. The monoisotopic (exact) mass is 236 g/mol. The molecule has 0 saturated carbocycles. The van der Waals surface area contributed by atoms with Crippen LogP contribution < -0.4 is 0 Å². The highest BCUT2D eigenvalue weighted by Crippen LogP contribution is 2.07. The van der Waals surface area contributed by atoms with Gasteiger partial charge in [0.1, 0.15) is 0 Å². The lowest BCUT2D eigenvalue weighted by atomic mass is 10.1. The molecule has 0 fully saturated rings. The molecule has 0 unspecified atom stereocenters. The molecule has 0 radical (unpaired) electrons. The van der Waals surface area contributed by atoms with Crippen molar-refractivity contribution in [3.8, 4) is 0 Å². The maximum Gasteiger partial charge on any atom is 0.223 e. The fourth-order valence-corrected chi connectivity index (χ4v) is 1.56. The Morgan fingerprint density at radius 2 is 2.00 bits per heavy atom. The average Bonchev–Trinajstić information content (AvgIpc) is 2.74. The summed E-state index contributed by atoms with van der Waals surface area (Å²) in [5.74, 6) is 0.269. The Morgan fingerprint density at radius 3 is 2.59 bits per heavy atom. The van der Waals surface area contributed by atoms with Crippen molar-refractivity contribution < 1.29 is 9.59 Å². The second-order valence-electron chi connectivity index (χ2n) is 4.35. The number of ketones is 1. The third-order valence-electron chi connectivity index (χ3n) is 2.63. The zero-order valence-corrected chi connectivity index (χ0v) is 10.8. The number of Topliss-reactive ketones (excluding diaryl/α,β-unsaturated/α-hetero) is 1. The number of aryl methyl sites for hydroxylation is 1. The summed E-state index contributed by atoms with van der Waals surface area (Å²) in [7, 11) is 3.49. The van der Waals surface area contributed by atoms with Crippen LogP contribution in [0.15, 0.2) is 18.5 Å². The molecule has 4 nitrogen and oxygen atoms in total. The van der Waals surface area contributed by atoms with E-state index in [0.29, 0.717) is 19.4 Å². The van der Waals surface area contributed by atoms with Crippen LogP contribution in [0.2, 0.25) is 0 Å². The molecule has 0 spiro atoms. The van der Waals surface area contributed by atoms with Gasteiger partial charge in [0.2, 0.25) is 5.91 Å². The Labute approximate surface area is 102 Å². The Bertz CT molecular complexity index is 394. The van der Waals surface area contributed by atoms with Gasteiger partial charge in [-0.2, -0.15) is 0 Å². The number of hydrogen-bond acceptors (Lipinski definition) is 2. The van der Waals surface area contributed by atoms with E-state index in [1.807, 2.05) is 30.0 Å². The molecule has 0 atom stereocenters. The van der Waals surface area contributed by atoms with Crippen LogP contribution in [0.3, 0.4) is 0 Å². The van der Waals surface area contributed by atoms with E-state index >= 15 is 0 Å². The predicted molar refractivity (Wildman–Crippen MR) is 67.0 cm³/mol. The van der Waals surface area contributed by atoms with Gasteiger partial charge in [-0.3, -0.25) is 9.59 Å². The smallest absolute Gasteiger partial charge is 0.223 e. The van der Waals surface area contributed by atoms with Crippen LogP contribution in [0, 0.1) is 0 Å². The predicted octanol–water partition coefficient (Wildman–Crippen LogP) is 1.95. The summed E-state index contributed by atoms with van der Waals surface area (Å²) in [6.45, 7) is 2.61. The molecule has 1 aromatic rings. The van der Waals surface area contributed by atoms with E-state index in [-0.39, 0.29) is 11.7 Å². The SMILES string of the molecule is CCCC(=O)c1ccn(CCC(=O)N(C)C)c1. The number of carbonyl (C=O) groups excluding carboxylic acids is 2. The van der Waals surface area contributed by atoms with E-state index in [1.165, 1.54) is 0 Å². The molecule has 0 aliphatic rings. The summed E-state index contributed by atoms with van der Waals surface area (Å²) in [6, 6.07) is 1.82. The quantitative estimate of drug-likeness (QED) is 0.708. The summed E-state index contributed by atoms with van der Waals surface area (Å²) in [4.78, 5) is 24.6. The Hall–Kier alpha value is -1.58. The fraction of sp³-hybridized carbons (Fsp3) is 0.538. The minimum atomic E-state index is 0.0973. The summed E-state index contributed by atoms with van der Waals surface area (Å²) in [5, 5.41) is 0. The van der Waals surface area contributed by atoms with Crippen LogP contribution in [-0.2, 0) is 11.3 Å². The lowest BCUT2D eigenvalue weighted by molar-refractivity contribution is -0.128. The fourth-order valence-electron chi connectivity index (χ4n) is 1.56. The van der Waals surface area contributed by atoms with Crippen LogP contribution >= 0.6 is 0 Å². The van der Waals surface area contributed by atoms with Gasteiger partial charge in [-0.25, -0.2) is 0 Å². The van der Waals surface area contributed by atoms with Crippen molar-refractivity contribution in [2.75, 3.05) is 14.1 Å². The van der Waals surface area contributed by atoms with Crippen molar-refractivity contribution in [2.24, 2.45) is 0 Å². The van der Waals surface area contributed by atoms with Crippen LogP contribution in [-0.4, -0.2) is 35.3 Å². The highest BCUT2D eigenvalue weighted by molar-refractivity contribution is 5.95. The highest BCUT2D eigenvalue weighted by atomic mass is 16.2. The number of amides is 1. The summed E-state index contributed by atoms with van der Waals surface area (Å²) in [5.41, 5.74) is 0.740. The Kier molecular flexibility index (Phi) is 4.94. The Balaban J connectivity index is 2.51. The van der Waals surface area contributed by atoms with Gasteiger partial charge in [0.15, 0.2) is 5.78 Å². The first-order valence-corrected chi connectivity index (χ1v) is 5.93. The minimum Gasteiger partial charge on any atom is -0.353 e. The maximum atomic E-state index is 11.6. The van der Waals surface area contributed by atoms with E-state index < -0.39 is 0 Å². The number of rotatable bonds is 6. The molecule has 1 amide bonds. The van der Waals surface area contributed by atoms with Gasteiger partial charge in [0.05, 0.1) is 0 Å². The van der Waals surface area contributed by atoms with E-state index in [4.69, 9.17) is 0 Å². The van der Waals surface area contributed by atoms with Crippen molar-refractivity contribution in [1.29, 1.82) is 0 Å².